The first-order valence-electron chi connectivity index (χ1n) is 4.68. The van der Waals surface area contributed by atoms with Gasteiger partial charge in [-0.1, -0.05) is 29.8 Å². The van der Waals surface area contributed by atoms with Gasteiger partial charge in [0, 0.05) is 11.4 Å². The maximum absolute atomic E-state index is 11.9. The summed E-state index contributed by atoms with van der Waals surface area (Å²) in [7, 11) is 0. The number of Topliss-reactive ketones (excluding diaryl/α,β-unsaturated/α-hetero) is 1. The molecular weight excluding hydrogens is 291 g/mol. The molecule has 0 bridgehead atoms. The number of hydrogen-bond donors (Lipinski definition) is 0. The van der Waals surface area contributed by atoms with Crippen LogP contribution in [0.4, 0.5) is 0 Å². The van der Waals surface area contributed by atoms with Gasteiger partial charge in [-0.3, -0.25) is 4.79 Å². The first-order valence-corrected chi connectivity index (χ1v) is 5.85. The molecule has 1 aromatic carbocycles. The van der Waals surface area contributed by atoms with Crippen molar-refractivity contribution in [2.75, 3.05) is 0 Å². The lowest BCUT2D eigenvalue weighted by molar-refractivity contribution is 0.0991. The molecule has 0 spiro atoms. The molecule has 4 heteroatoms. The second-order valence-electron chi connectivity index (χ2n) is 3.30. The normalized spacial score (nSPS) is 10.4. The third-order valence-corrected chi connectivity index (χ3v) is 3.21. The Bertz CT molecular complexity index is 519. The zero-order chi connectivity index (χ0) is 11.5. The van der Waals surface area contributed by atoms with Crippen molar-refractivity contribution in [2.45, 2.75) is 6.42 Å². The average molecular weight is 300 g/mol. The molecule has 2 rings (SSSR count). The van der Waals surface area contributed by atoms with E-state index in [1.807, 2.05) is 18.2 Å². The quantitative estimate of drug-likeness (QED) is 0.798. The van der Waals surface area contributed by atoms with Gasteiger partial charge in [-0.15, -0.1) is 0 Å². The van der Waals surface area contributed by atoms with E-state index in [1.165, 1.54) is 6.26 Å². The fourth-order valence-corrected chi connectivity index (χ4v) is 2.07. The summed E-state index contributed by atoms with van der Waals surface area (Å²) in [5, 5.41) is 0.607. The molecular formula is C12H8BrClO2. The van der Waals surface area contributed by atoms with Gasteiger partial charge in [0.1, 0.15) is 0 Å². The molecule has 0 atom stereocenters. The van der Waals surface area contributed by atoms with Gasteiger partial charge in [0.2, 0.25) is 0 Å². The van der Waals surface area contributed by atoms with Crippen molar-refractivity contribution in [3.8, 4) is 0 Å². The Hall–Kier alpha value is -1.06. The minimum atomic E-state index is -0.0197. The molecule has 0 saturated carbocycles. The first kappa shape index (κ1) is 11.4. The molecule has 0 unspecified atom stereocenters. The molecule has 0 saturated heterocycles. The molecule has 0 radical (unpaired) electrons. The van der Waals surface area contributed by atoms with E-state index in [4.69, 9.17) is 16.0 Å². The van der Waals surface area contributed by atoms with Crippen LogP contribution in [0.5, 0.6) is 0 Å². The molecule has 0 aliphatic heterocycles. The second kappa shape index (κ2) is 4.85. The van der Waals surface area contributed by atoms with Gasteiger partial charge >= 0.3 is 0 Å². The topological polar surface area (TPSA) is 30.2 Å². The predicted molar refractivity (Wildman–Crippen MR) is 65.9 cm³/mol. The molecule has 82 valence electrons. The van der Waals surface area contributed by atoms with E-state index in [2.05, 4.69) is 15.9 Å². The highest BCUT2D eigenvalue weighted by molar-refractivity contribution is 9.10. The van der Waals surface area contributed by atoms with E-state index < -0.39 is 0 Å². The van der Waals surface area contributed by atoms with Gasteiger partial charge in [-0.05, 0) is 33.6 Å². The SMILES string of the molecule is O=C(Cc1ccccc1Cl)c1ccoc1Br. The van der Waals surface area contributed by atoms with Gasteiger partial charge in [-0.25, -0.2) is 0 Å². The number of furan rings is 1. The van der Waals surface area contributed by atoms with E-state index in [0.717, 1.165) is 5.56 Å². The summed E-state index contributed by atoms with van der Waals surface area (Å²) >= 11 is 9.16. The van der Waals surface area contributed by atoms with Crippen LogP contribution < -0.4 is 0 Å². The Morgan fingerprint density at radius 1 is 1.31 bits per heavy atom. The summed E-state index contributed by atoms with van der Waals surface area (Å²) < 4.78 is 5.48. The highest BCUT2D eigenvalue weighted by Crippen LogP contribution is 2.22. The summed E-state index contributed by atoms with van der Waals surface area (Å²) in [6.07, 6.45) is 1.75. The Kier molecular flexibility index (Phi) is 3.46. The molecule has 0 aliphatic carbocycles. The molecule has 0 aliphatic rings. The van der Waals surface area contributed by atoms with Crippen molar-refractivity contribution >= 4 is 33.3 Å². The van der Waals surface area contributed by atoms with Crippen LogP contribution in [-0.4, -0.2) is 5.78 Å². The fraction of sp³-hybridized carbons (Fsp3) is 0.0833. The standard InChI is InChI=1S/C12H8BrClO2/c13-12-9(5-6-16-12)11(15)7-8-3-1-2-4-10(8)14/h1-6H,7H2. The van der Waals surface area contributed by atoms with Crippen LogP contribution in [0.2, 0.25) is 5.02 Å². The minimum absolute atomic E-state index is 0.0197. The highest BCUT2D eigenvalue weighted by Gasteiger charge is 2.14. The number of benzene rings is 1. The number of carbonyl (C=O) groups is 1. The van der Waals surface area contributed by atoms with Crippen molar-refractivity contribution in [2.24, 2.45) is 0 Å². The van der Waals surface area contributed by atoms with Crippen LogP contribution in [-0.2, 0) is 6.42 Å². The van der Waals surface area contributed by atoms with Crippen molar-refractivity contribution < 1.29 is 9.21 Å². The number of hydrogen-bond acceptors (Lipinski definition) is 2. The Labute approximate surface area is 106 Å². The van der Waals surface area contributed by atoms with Gasteiger partial charge in [0.15, 0.2) is 10.5 Å². The first-order chi connectivity index (χ1) is 7.68. The van der Waals surface area contributed by atoms with Gasteiger partial charge in [0.05, 0.1) is 11.8 Å². The lowest BCUT2D eigenvalue weighted by atomic mass is 10.1. The largest absolute Gasteiger partial charge is 0.457 e. The average Bonchev–Trinajstić information content (AvgIpc) is 2.68. The van der Waals surface area contributed by atoms with E-state index in [1.54, 1.807) is 12.1 Å². The van der Waals surface area contributed by atoms with E-state index in [9.17, 15) is 4.79 Å². The molecule has 1 heterocycles. The summed E-state index contributed by atoms with van der Waals surface area (Å²) in [4.78, 5) is 11.9. The summed E-state index contributed by atoms with van der Waals surface area (Å²) in [5.41, 5.74) is 1.36. The van der Waals surface area contributed by atoms with Gasteiger partial charge < -0.3 is 4.42 Å². The fourth-order valence-electron chi connectivity index (χ4n) is 1.40. The van der Waals surface area contributed by atoms with Crippen LogP contribution in [0.1, 0.15) is 15.9 Å². The van der Waals surface area contributed by atoms with Crippen LogP contribution >= 0.6 is 27.5 Å². The highest BCUT2D eigenvalue weighted by atomic mass is 79.9. The summed E-state index contributed by atoms with van der Waals surface area (Å²) in [6, 6.07) is 8.95. The maximum atomic E-state index is 11.9. The monoisotopic (exact) mass is 298 g/mol. The molecule has 2 nitrogen and oxygen atoms in total. The number of carbonyl (C=O) groups excluding carboxylic acids is 1. The van der Waals surface area contributed by atoms with E-state index in [0.29, 0.717) is 15.3 Å². The third-order valence-electron chi connectivity index (χ3n) is 2.23. The molecule has 0 N–H and O–H groups in total. The van der Waals surface area contributed by atoms with Crippen molar-refractivity contribution in [1.29, 1.82) is 0 Å². The minimum Gasteiger partial charge on any atom is -0.457 e. The third kappa shape index (κ3) is 2.36. The van der Waals surface area contributed by atoms with Crippen molar-refractivity contribution in [1.82, 2.24) is 0 Å². The van der Waals surface area contributed by atoms with Crippen molar-refractivity contribution in [3.63, 3.8) is 0 Å². The van der Waals surface area contributed by atoms with Crippen LogP contribution in [0.25, 0.3) is 0 Å². The maximum Gasteiger partial charge on any atom is 0.179 e. The van der Waals surface area contributed by atoms with E-state index in [-0.39, 0.29) is 12.2 Å². The molecule has 0 amide bonds. The van der Waals surface area contributed by atoms with Crippen LogP contribution in [0, 0.1) is 0 Å². The molecule has 2 aromatic rings. The van der Waals surface area contributed by atoms with Gasteiger partial charge in [-0.2, -0.15) is 0 Å². The van der Waals surface area contributed by atoms with E-state index >= 15 is 0 Å². The molecule has 0 fully saturated rings. The smallest absolute Gasteiger partial charge is 0.179 e. The Morgan fingerprint density at radius 2 is 2.06 bits per heavy atom. The number of halogens is 2. The lowest BCUT2D eigenvalue weighted by Crippen LogP contribution is -2.03. The van der Waals surface area contributed by atoms with Crippen LogP contribution in [0.3, 0.4) is 0 Å². The summed E-state index contributed by atoms with van der Waals surface area (Å²) in [5.74, 6) is -0.0197. The molecule has 16 heavy (non-hydrogen) atoms. The lowest BCUT2D eigenvalue weighted by Gasteiger charge is -2.02. The number of ketones is 1. The number of rotatable bonds is 3. The van der Waals surface area contributed by atoms with Crippen molar-refractivity contribution in [3.05, 3.63) is 57.4 Å². The zero-order valence-corrected chi connectivity index (χ0v) is 10.6. The second-order valence-corrected chi connectivity index (χ2v) is 4.43. The molecule has 1 aromatic heterocycles. The zero-order valence-electron chi connectivity index (χ0n) is 8.24. The van der Waals surface area contributed by atoms with Gasteiger partial charge in [0.25, 0.3) is 0 Å². The Morgan fingerprint density at radius 3 is 2.69 bits per heavy atom. The van der Waals surface area contributed by atoms with Crippen LogP contribution in [0.15, 0.2) is 45.7 Å². The Balaban J connectivity index is 2.21. The predicted octanol–water partition coefficient (Wildman–Crippen LogP) is 4.12. The summed E-state index contributed by atoms with van der Waals surface area (Å²) in [6.45, 7) is 0.